The summed E-state index contributed by atoms with van der Waals surface area (Å²) in [5, 5.41) is 0. The van der Waals surface area contributed by atoms with Gasteiger partial charge in [-0.3, -0.25) is 4.90 Å². The van der Waals surface area contributed by atoms with Gasteiger partial charge in [0.15, 0.2) is 0 Å². The van der Waals surface area contributed by atoms with Crippen LogP contribution in [0.25, 0.3) is 11.1 Å². The third-order valence-corrected chi connectivity index (χ3v) is 6.95. The van der Waals surface area contributed by atoms with Crippen LogP contribution in [0.1, 0.15) is 47.6 Å². The van der Waals surface area contributed by atoms with E-state index >= 15 is 0 Å². The molecular formula is C29H25F9N2O2. The monoisotopic (exact) mass is 604 g/mol. The summed E-state index contributed by atoms with van der Waals surface area (Å²) < 4.78 is 127. The molecule has 226 valence electrons. The molecule has 1 aliphatic heterocycles. The second kappa shape index (κ2) is 11.1. The molecule has 1 saturated heterocycles. The molecule has 0 bridgehead atoms. The van der Waals surface area contributed by atoms with Gasteiger partial charge in [0.2, 0.25) is 0 Å². The second-order valence-electron chi connectivity index (χ2n) is 10.1. The van der Waals surface area contributed by atoms with Crippen LogP contribution in [-0.4, -0.2) is 31.1 Å². The van der Waals surface area contributed by atoms with Crippen molar-refractivity contribution < 1.29 is 49.0 Å². The van der Waals surface area contributed by atoms with Gasteiger partial charge in [0, 0.05) is 30.9 Å². The van der Waals surface area contributed by atoms with Crippen LogP contribution >= 0.6 is 0 Å². The van der Waals surface area contributed by atoms with Crippen LogP contribution in [0.3, 0.4) is 0 Å². The number of benzene rings is 3. The first-order valence-electron chi connectivity index (χ1n) is 12.6. The molecule has 0 unspecified atom stereocenters. The zero-order valence-corrected chi connectivity index (χ0v) is 22.5. The molecule has 13 heteroatoms. The Labute approximate surface area is 235 Å². The lowest BCUT2D eigenvalue weighted by Crippen LogP contribution is -2.32. The van der Waals surface area contributed by atoms with Gasteiger partial charge < -0.3 is 9.64 Å². The Balaban J connectivity index is 1.76. The van der Waals surface area contributed by atoms with Gasteiger partial charge in [0.25, 0.3) is 0 Å². The molecule has 0 radical (unpaired) electrons. The highest BCUT2D eigenvalue weighted by molar-refractivity contribution is 5.94. The summed E-state index contributed by atoms with van der Waals surface area (Å²) in [6, 6.07) is 8.13. The smallest absolute Gasteiger partial charge is 0.416 e. The maximum Gasteiger partial charge on any atom is 0.416 e. The number of halogens is 9. The molecule has 1 heterocycles. The number of carbonyl (C=O) groups is 1. The number of methoxy groups -OCH3 is 1. The number of urea groups is 1. The molecule has 0 saturated carbocycles. The number of hydrogen-bond acceptors (Lipinski definition) is 2. The first-order valence-corrected chi connectivity index (χ1v) is 12.6. The Morgan fingerprint density at radius 2 is 1.33 bits per heavy atom. The van der Waals surface area contributed by atoms with Crippen molar-refractivity contribution in [3.05, 3.63) is 82.4 Å². The van der Waals surface area contributed by atoms with Crippen LogP contribution in [0, 0.1) is 0 Å². The van der Waals surface area contributed by atoms with E-state index in [2.05, 4.69) is 0 Å². The molecule has 2 amide bonds. The zero-order valence-electron chi connectivity index (χ0n) is 22.5. The summed E-state index contributed by atoms with van der Waals surface area (Å²) in [5.41, 5.74) is -3.07. The van der Waals surface area contributed by atoms with E-state index < -0.39 is 53.5 Å². The van der Waals surface area contributed by atoms with Crippen molar-refractivity contribution in [1.82, 2.24) is 4.90 Å². The molecular weight excluding hydrogens is 579 g/mol. The van der Waals surface area contributed by atoms with Crippen molar-refractivity contribution in [2.24, 2.45) is 0 Å². The number of hydrogen-bond donors (Lipinski definition) is 0. The minimum Gasteiger partial charge on any atom is -0.496 e. The van der Waals surface area contributed by atoms with E-state index in [9.17, 15) is 44.3 Å². The number of rotatable bonds is 6. The quantitative estimate of drug-likeness (QED) is 0.263. The van der Waals surface area contributed by atoms with Crippen molar-refractivity contribution in [3.8, 4) is 16.9 Å². The molecule has 0 aromatic heterocycles. The van der Waals surface area contributed by atoms with Crippen LogP contribution in [0.4, 0.5) is 50.0 Å². The van der Waals surface area contributed by atoms with E-state index in [-0.39, 0.29) is 30.6 Å². The van der Waals surface area contributed by atoms with Crippen molar-refractivity contribution >= 4 is 11.7 Å². The minimum absolute atomic E-state index is 0.0462. The Morgan fingerprint density at radius 3 is 1.86 bits per heavy atom. The Hall–Kier alpha value is -3.90. The van der Waals surface area contributed by atoms with Gasteiger partial charge in [0.1, 0.15) is 5.75 Å². The van der Waals surface area contributed by atoms with Crippen molar-refractivity contribution in [3.63, 3.8) is 0 Å². The molecule has 0 aliphatic carbocycles. The number of carbonyl (C=O) groups excluding carboxylic acids is 1. The van der Waals surface area contributed by atoms with Gasteiger partial charge in [-0.25, -0.2) is 4.79 Å². The summed E-state index contributed by atoms with van der Waals surface area (Å²) in [6.07, 6.45) is -15.0. The second-order valence-corrected chi connectivity index (χ2v) is 10.1. The summed E-state index contributed by atoms with van der Waals surface area (Å²) >= 11 is 0. The predicted octanol–water partition coefficient (Wildman–Crippen LogP) is 8.98. The van der Waals surface area contributed by atoms with Gasteiger partial charge >= 0.3 is 24.6 Å². The maximum absolute atomic E-state index is 13.7. The lowest BCUT2D eigenvalue weighted by molar-refractivity contribution is -0.143. The highest BCUT2D eigenvalue weighted by atomic mass is 19.4. The standard InChI is InChI=1S/C29H25F9N2O2/c1-16(2)17-4-7-25(42-3)24(11-17)23-6-5-19(27(30,31)32)10-18(23)15-39-8-9-40(26(39)41)22-13-20(28(33,34)35)12-21(14-22)29(36,37)38/h4-7,10-14,16H,8-9,15H2,1-3H3. The van der Waals surface area contributed by atoms with E-state index in [0.717, 1.165) is 27.5 Å². The molecule has 0 N–H and O–H groups in total. The summed E-state index contributed by atoms with van der Waals surface area (Å²) in [7, 11) is 1.39. The van der Waals surface area contributed by atoms with Gasteiger partial charge in [-0.1, -0.05) is 26.0 Å². The van der Waals surface area contributed by atoms with E-state index in [1.54, 1.807) is 12.1 Å². The normalized spacial score (nSPS) is 14.7. The molecule has 4 rings (SSSR count). The Bertz CT molecular complexity index is 1450. The number of anilines is 1. The fraction of sp³-hybridized carbons (Fsp3) is 0.345. The lowest BCUT2D eigenvalue weighted by atomic mass is 9.92. The van der Waals surface area contributed by atoms with E-state index in [1.165, 1.54) is 13.2 Å². The van der Waals surface area contributed by atoms with E-state index in [1.807, 2.05) is 19.9 Å². The number of amides is 2. The first-order chi connectivity index (χ1) is 19.4. The molecule has 3 aromatic carbocycles. The average molecular weight is 605 g/mol. The number of alkyl halides is 9. The first kappa shape index (κ1) is 31.0. The van der Waals surface area contributed by atoms with Crippen LogP contribution in [0.5, 0.6) is 5.75 Å². The van der Waals surface area contributed by atoms with Crippen molar-refractivity contribution in [2.45, 2.75) is 44.8 Å². The summed E-state index contributed by atoms with van der Waals surface area (Å²) in [4.78, 5) is 15.1. The molecule has 3 aromatic rings. The SMILES string of the molecule is COc1ccc(C(C)C)cc1-c1ccc(C(F)(F)F)cc1CN1CCN(c2cc(C(F)(F)F)cc(C(F)(F)F)c2)C1=O. The predicted molar refractivity (Wildman–Crippen MR) is 137 cm³/mol. The molecule has 0 spiro atoms. The molecule has 42 heavy (non-hydrogen) atoms. The molecule has 1 aliphatic rings. The lowest BCUT2D eigenvalue weighted by Gasteiger charge is -2.23. The fourth-order valence-electron chi connectivity index (χ4n) is 4.73. The molecule has 4 nitrogen and oxygen atoms in total. The fourth-order valence-corrected chi connectivity index (χ4v) is 4.73. The molecule has 1 fully saturated rings. The van der Waals surface area contributed by atoms with Crippen LogP contribution in [-0.2, 0) is 25.1 Å². The molecule has 0 atom stereocenters. The largest absolute Gasteiger partial charge is 0.496 e. The third-order valence-electron chi connectivity index (χ3n) is 6.95. The van der Waals surface area contributed by atoms with Crippen molar-refractivity contribution in [1.29, 1.82) is 0 Å². The minimum atomic E-state index is -5.12. The third kappa shape index (κ3) is 6.44. The van der Waals surface area contributed by atoms with Gasteiger partial charge in [0.05, 0.1) is 23.8 Å². The maximum atomic E-state index is 13.7. The topological polar surface area (TPSA) is 32.8 Å². The van der Waals surface area contributed by atoms with Crippen molar-refractivity contribution in [2.75, 3.05) is 25.1 Å². The Morgan fingerprint density at radius 1 is 0.738 bits per heavy atom. The summed E-state index contributed by atoms with van der Waals surface area (Å²) in [5.74, 6) is 0.425. The van der Waals surface area contributed by atoms with Gasteiger partial charge in [-0.15, -0.1) is 0 Å². The van der Waals surface area contributed by atoms with E-state index in [4.69, 9.17) is 4.74 Å². The summed E-state index contributed by atoms with van der Waals surface area (Å²) in [6.45, 7) is 3.02. The zero-order chi connectivity index (χ0) is 31.2. The Kier molecular flexibility index (Phi) is 8.18. The van der Waals surface area contributed by atoms with E-state index in [0.29, 0.717) is 29.0 Å². The van der Waals surface area contributed by atoms with Crippen LogP contribution in [0.15, 0.2) is 54.6 Å². The van der Waals surface area contributed by atoms with Crippen LogP contribution < -0.4 is 9.64 Å². The highest BCUT2D eigenvalue weighted by Crippen LogP contribution is 2.41. The number of ether oxygens (including phenoxy) is 1. The average Bonchev–Trinajstić information content (AvgIpc) is 3.26. The highest BCUT2D eigenvalue weighted by Gasteiger charge is 2.39. The number of nitrogens with zero attached hydrogens (tertiary/aromatic N) is 2. The van der Waals surface area contributed by atoms with Crippen LogP contribution in [0.2, 0.25) is 0 Å². The van der Waals surface area contributed by atoms with Gasteiger partial charge in [-0.2, -0.15) is 39.5 Å². The van der Waals surface area contributed by atoms with Gasteiger partial charge in [-0.05, 0) is 65.1 Å².